The molecule has 1 amide bonds. The van der Waals surface area contributed by atoms with Crippen LogP contribution in [0.2, 0.25) is 0 Å². The monoisotopic (exact) mass is 666 g/mol. The first-order valence-electron chi connectivity index (χ1n) is 17.5. The number of amides is 1. The predicted molar refractivity (Wildman–Crippen MR) is 190 cm³/mol. The van der Waals surface area contributed by atoms with Gasteiger partial charge in [-0.15, -0.1) is 0 Å². The third-order valence-corrected chi connectivity index (χ3v) is 12.7. The Balaban J connectivity index is 1.00. The summed E-state index contributed by atoms with van der Waals surface area (Å²) in [5.74, 6) is -0.0352. The van der Waals surface area contributed by atoms with Gasteiger partial charge < -0.3 is 14.5 Å². The minimum Gasteiger partial charge on any atom is -0.369 e. The molecule has 3 aromatic carbocycles. The highest BCUT2D eigenvalue weighted by Gasteiger charge is 2.39. The number of aromatic nitrogens is 1. The number of benzene rings is 3. The van der Waals surface area contributed by atoms with Crippen molar-refractivity contribution in [3.8, 4) is 0 Å². The Bertz CT molecular complexity index is 1820. The maximum absolute atomic E-state index is 14.3. The highest BCUT2D eigenvalue weighted by atomic mass is 32.2. The Hall–Kier alpha value is -3.79. The van der Waals surface area contributed by atoms with E-state index in [2.05, 4.69) is 16.0 Å². The van der Waals surface area contributed by atoms with Crippen molar-refractivity contribution in [1.29, 1.82) is 0 Å². The lowest BCUT2D eigenvalue weighted by atomic mass is 9.70. The first-order valence-corrected chi connectivity index (χ1v) is 19.0. The average Bonchev–Trinajstić information content (AvgIpc) is 3.65. The summed E-state index contributed by atoms with van der Waals surface area (Å²) in [6.07, 6.45) is 11.9. The van der Waals surface area contributed by atoms with Gasteiger partial charge in [0.25, 0.3) is 10.0 Å². The molecule has 1 aromatic heterocycles. The number of rotatable bonds is 11. The Labute approximate surface area is 284 Å². The van der Waals surface area contributed by atoms with E-state index in [1.807, 2.05) is 78.0 Å². The summed E-state index contributed by atoms with van der Waals surface area (Å²) in [4.78, 5) is 22.6. The first kappa shape index (κ1) is 32.7. The Kier molecular flexibility index (Phi) is 9.80. The summed E-state index contributed by atoms with van der Waals surface area (Å²) in [5.41, 5.74) is 2.99. The molecular weight excluding hydrogens is 621 g/mol. The predicted octanol–water partition coefficient (Wildman–Crippen LogP) is 6.20. The van der Waals surface area contributed by atoms with Gasteiger partial charge in [-0.05, 0) is 117 Å². The van der Waals surface area contributed by atoms with E-state index < -0.39 is 16.1 Å². The van der Waals surface area contributed by atoms with Crippen LogP contribution < -0.4 is 4.31 Å². The Morgan fingerprint density at radius 1 is 0.896 bits per heavy atom. The van der Waals surface area contributed by atoms with Crippen LogP contribution in [0.4, 0.5) is 5.69 Å². The second kappa shape index (κ2) is 14.4. The maximum atomic E-state index is 14.3. The van der Waals surface area contributed by atoms with Gasteiger partial charge >= 0.3 is 0 Å². The Morgan fingerprint density at radius 2 is 1.67 bits per heavy atom. The minimum absolute atomic E-state index is 0.0265. The van der Waals surface area contributed by atoms with E-state index in [-0.39, 0.29) is 29.4 Å². The molecule has 2 fully saturated rings. The van der Waals surface area contributed by atoms with E-state index in [4.69, 9.17) is 4.74 Å². The van der Waals surface area contributed by atoms with Crippen LogP contribution >= 0.6 is 0 Å². The van der Waals surface area contributed by atoms with Gasteiger partial charge in [-0.2, -0.15) is 0 Å². The summed E-state index contributed by atoms with van der Waals surface area (Å²) >= 11 is 0. The van der Waals surface area contributed by atoms with Gasteiger partial charge in [0.05, 0.1) is 23.2 Å². The minimum atomic E-state index is -3.89. The molecule has 8 nitrogen and oxygen atoms in total. The molecule has 0 aliphatic carbocycles. The number of nitrogens with zero attached hydrogens (tertiary/aromatic N) is 4. The number of fused-ring (bicyclic) bond motifs is 2. The summed E-state index contributed by atoms with van der Waals surface area (Å²) in [5, 5.41) is 1.87. The fourth-order valence-electron chi connectivity index (χ4n) is 8.06. The molecule has 0 bridgehead atoms. The molecule has 1 unspecified atom stereocenters. The van der Waals surface area contributed by atoms with Crippen molar-refractivity contribution in [1.82, 2.24) is 14.8 Å². The largest absolute Gasteiger partial charge is 0.369 e. The molecule has 4 heterocycles. The van der Waals surface area contributed by atoms with Gasteiger partial charge in [0.15, 0.2) is 0 Å². The molecule has 3 aliphatic heterocycles. The molecule has 2 saturated heterocycles. The summed E-state index contributed by atoms with van der Waals surface area (Å²) in [6.45, 7) is 5.01. The number of sulfonamides is 1. The van der Waals surface area contributed by atoms with E-state index in [0.717, 1.165) is 55.0 Å². The average molecular weight is 667 g/mol. The number of anilines is 1. The third kappa shape index (κ3) is 6.86. The van der Waals surface area contributed by atoms with Gasteiger partial charge in [-0.1, -0.05) is 54.6 Å². The molecular formula is C39H46N4O4S. The lowest BCUT2D eigenvalue weighted by Crippen LogP contribution is -2.48. The van der Waals surface area contributed by atoms with E-state index in [1.165, 1.54) is 35.8 Å². The summed E-state index contributed by atoms with van der Waals surface area (Å²) in [7, 11) is -3.89. The normalized spacial score (nSPS) is 19.8. The second-order valence-corrected chi connectivity index (χ2v) is 15.5. The van der Waals surface area contributed by atoms with E-state index in [1.54, 1.807) is 12.1 Å². The standard InChI is InChI=1S/C39H46N4O4S/c44-38(42-25-19-39(20-26-42,34-12-7-21-40-28-34)18-8-24-41-22-5-6-23-41)30-47-29-35-16-14-32-10-3-4-13-37(32)43(35)48(45,46)36-17-15-31-9-1-2-11-33(31)27-36/h1-4,7,9-13,15,17,21,27-28,35H,5-6,8,14,16,18-20,22-26,29-30H2. The number of pyridine rings is 1. The van der Waals surface area contributed by atoms with Crippen molar-refractivity contribution in [3.05, 3.63) is 102 Å². The number of para-hydroxylation sites is 1. The van der Waals surface area contributed by atoms with Crippen molar-refractivity contribution in [2.45, 2.75) is 67.7 Å². The fraction of sp³-hybridized carbons (Fsp3) is 0.436. The molecule has 9 heteroatoms. The van der Waals surface area contributed by atoms with Crippen molar-refractivity contribution in [2.75, 3.05) is 50.2 Å². The molecule has 7 rings (SSSR count). The van der Waals surface area contributed by atoms with Crippen LogP contribution in [0.15, 0.2) is 96.2 Å². The van der Waals surface area contributed by atoms with Crippen LogP contribution in [-0.2, 0) is 31.4 Å². The molecule has 48 heavy (non-hydrogen) atoms. The van der Waals surface area contributed by atoms with Gasteiger partial charge in [-0.3, -0.25) is 14.1 Å². The molecule has 0 radical (unpaired) electrons. The number of piperidine rings is 1. The molecule has 0 spiro atoms. The smallest absolute Gasteiger partial charge is 0.264 e. The van der Waals surface area contributed by atoms with Crippen molar-refractivity contribution < 1.29 is 17.9 Å². The van der Waals surface area contributed by atoms with E-state index in [9.17, 15) is 13.2 Å². The lowest BCUT2D eigenvalue weighted by molar-refractivity contribution is -0.138. The lowest BCUT2D eigenvalue weighted by Gasteiger charge is -2.42. The van der Waals surface area contributed by atoms with Gasteiger partial charge in [0, 0.05) is 30.9 Å². The number of ether oxygens (including phenoxy) is 1. The van der Waals surface area contributed by atoms with Gasteiger partial charge in [0.2, 0.25) is 5.91 Å². The SMILES string of the molecule is O=C(COCC1CCc2ccccc2N1S(=O)(=O)c1ccc2ccccc2c1)N1CCC(CCCN2CCCC2)(c2cccnc2)CC1. The zero-order chi connectivity index (χ0) is 33.0. The Morgan fingerprint density at radius 3 is 2.46 bits per heavy atom. The van der Waals surface area contributed by atoms with Crippen LogP contribution in [0.3, 0.4) is 0 Å². The molecule has 0 N–H and O–H groups in total. The number of carbonyl (C=O) groups excluding carboxylic acids is 1. The quantitative estimate of drug-likeness (QED) is 0.190. The summed E-state index contributed by atoms with van der Waals surface area (Å²) in [6, 6.07) is 24.6. The van der Waals surface area contributed by atoms with Crippen molar-refractivity contribution >= 4 is 32.4 Å². The van der Waals surface area contributed by atoms with Gasteiger partial charge in [-0.25, -0.2) is 8.42 Å². The number of likely N-dealkylation sites (tertiary alicyclic amines) is 2. The fourth-order valence-corrected chi connectivity index (χ4v) is 9.79. The number of aryl methyl sites for hydroxylation is 1. The number of carbonyl (C=O) groups is 1. The van der Waals surface area contributed by atoms with Crippen molar-refractivity contribution in [2.24, 2.45) is 0 Å². The third-order valence-electron chi connectivity index (χ3n) is 10.8. The van der Waals surface area contributed by atoms with Crippen molar-refractivity contribution in [3.63, 3.8) is 0 Å². The molecule has 4 aromatic rings. The van der Waals surface area contributed by atoms with Crippen LogP contribution in [-0.4, -0.2) is 81.1 Å². The topological polar surface area (TPSA) is 83.0 Å². The summed E-state index contributed by atoms with van der Waals surface area (Å²) < 4.78 is 36.1. The van der Waals surface area contributed by atoms with Crippen LogP contribution in [0, 0.1) is 0 Å². The van der Waals surface area contributed by atoms with Gasteiger partial charge in [0.1, 0.15) is 6.61 Å². The van der Waals surface area contributed by atoms with Crippen LogP contribution in [0.25, 0.3) is 10.8 Å². The van der Waals surface area contributed by atoms with E-state index >= 15 is 0 Å². The zero-order valence-corrected chi connectivity index (χ0v) is 28.5. The highest BCUT2D eigenvalue weighted by molar-refractivity contribution is 7.92. The second-order valence-electron chi connectivity index (χ2n) is 13.7. The number of hydrogen-bond donors (Lipinski definition) is 0. The van der Waals surface area contributed by atoms with Crippen LogP contribution in [0.1, 0.15) is 56.1 Å². The molecule has 3 aliphatic rings. The maximum Gasteiger partial charge on any atom is 0.264 e. The number of hydrogen-bond acceptors (Lipinski definition) is 6. The highest BCUT2D eigenvalue weighted by Crippen LogP contribution is 2.40. The first-order chi connectivity index (χ1) is 23.4. The van der Waals surface area contributed by atoms with Crippen LogP contribution in [0.5, 0.6) is 0 Å². The van der Waals surface area contributed by atoms with E-state index in [0.29, 0.717) is 25.2 Å². The molecule has 0 saturated carbocycles. The zero-order valence-electron chi connectivity index (χ0n) is 27.7. The molecule has 1 atom stereocenters. The molecule has 252 valence electrons.